The monoisotopic (exact) mass is 302 g/mol. The van der Waals surface area contributed by atoms with Crippen LogP contribution in [-0.4, -0.2) is 24.5 Å². The average molecular weight is 304 g/mol. The lowest BCUT2D eigenvalue weighted by Gasteiger charge is -2.38. The van der Waals surface area contributed by atoms with Crippen molar-refractivity contribution in [3.05, 3.63) is 33.3 Å². The Morgan fingerprint density at radius 1 is 1.50 bits per heavy atom. The molecule has 2 nitrogen and oxygen atoms in total. The second kappa shape index (κ2) is 5.05. The molecule has 1 aromatic carbocycles. The molecule has 2 rings (SSSR count). The fraction of sp³-hybridized carbons (Fsp3) is 0.500. The van der Waals surface area contributed by atoms with Gasteiger partial charge >= 0.3 is 0 Å². The van der Waals surface area contributed by atoms with Crippen molar-refractivity contribution in [2.24, 2.45) is 5.73 Å². The molecule has 0 amide bonds. The summed E-state index contributed by atoms with van der Waals surface area (Å²) in [4.78, 5) is 2.32. The Hall–Kier alpha value is -0.0900. The van der Waals surface area contributed by atoms with Crippen LogP contribution in [0.2, 0.25) is 5.02 Å². The predicted octanol–water partition coefficient (Wildman–Crippen LogP) is 3.20. The van der Waals surface area contributed by atoms with E-state index in [-0.39, 0.29) is 6.04 Å². The van der Waals surface area contributed by atoms with Gasteiger partial charge in [0, 0.05) is 15.5 Å². The molecule has 0 spiro atoms. The Bertz CT molecular complexity index is 373. The first kappa shape index (κ1) is 12.4. The zero-order chi connectivity index (χ0) is 11.7. The van der Waals surface area contributed by atoms with Gasteiger partial charge in [0.25, 0.3) is 0 Å². The van der Waals surface area contributed by atoms with Crippen molar-refractivity contribution in [1.82, 2.24) is 4.90 Å². The molecule has 4 heteroatoms. The van der Waals surface area contributed by atoms with Gasteiger partial charge in [-0.1, -0.05) is 33.6 Å². The third kappa shape index (κ3) is 2.43. The molecular weight excluding hydrogens is 288 g/mol. The third-order valence-electron chi connectivity index (χ3n) is 3.21. The standard InChI is InChI=1S/C12H16BrClN2/c1-16-6-2-3-11(15)12(16)9-5-4-8(14)7-10(9)13/h4-5,7,11-12H,2-3,6,15H2,1H3. The van der Waals surface area contributed by atoms with Gasteiger partial charge in [0.1, 0.15) is 0 Å². The van der Waals surface area contributed by atoms with Crippen LogP contribution in [0.3, 0.4) is 0 Å². The molecule has 1 aliphatic rings. The number of halogens is 2. The lowest BCUT2D eigenvalue weighted by Crippen LogP contribution is -2.44. The first-order valence-electron chi connectivity index (χ1n) is 5.50. The maximum Gasteiger partial charge on any atom is 0.0507 e. The van der Waals surface area contributed by atoms with Gasteiger partial charge in [0.05, 0.1) is 6.04 Å². The minimum absolute atomic E-state index is 0.205. The number of nitrogens with zero attached hydrogens (tertiary/aromatic N) is 1. The molecule has 2 atom stereocenters. The van der Waals surface area contributed by atoms with Crippen molar-refractivity contribution < 1.29 is 0 Å². The van der Waals surface area contributed by atoms with Gasteiger partial charge in [-0.3, -0.25) is 4.90 Å². The summed E-state index contributed by atoms with van der Waals surface area (Å²) in [7, 11) is 2.13. The highest BCUT2D eigenvalue weighted by molar-refractivity contribution is 9.10. The maximum absolute atomic E-state index is 6.21. The summed E-state index contributed by atoms with van der Waals surface area (Å²) in [5, 5.41) is 0.752. The van der Waals surface area contributed by atoms with Crippen LogP contribution in [0.15, 0.2) is 22.7 Å². The van der Waals surface area contributed by atoms with E-state index in [0.29, 0.717) is 6.04 Å². The van der Waals surface area contributed by atoms with Crippen LogP contribution in [0.4, 0.5) is 0 Å². The van der Waals surface area contributed by atoms with Crippen LogP contribution in [-0.2, 0) is 0 Å². The summed E-state index contributed by atoms with van der Waals surface area (Å²) in [5.41, 5.74) is 7.45. The number of benzene rings is 1. The van der Waals surface area contributed by atoms with E-state index in [4.69, 9.17) is 17.3 Å². The van der Waals surface area contributed by atoms with E-state index in [1.54, 1.807) is 0 Å². The van der Waals surface area contributed by atoms with Crippen molar-refractivity contribution in [2.45, 2.75) is 24.9 Å². The first-order valence-corrected chi connectivity index (χ1v) is 6.67. The molecule has 1 heterocycles. The molecule has 1 saturated heterocycles. The summed E-state index contributed by atoms with van der Waals surface area (Å²) in [5.74, 6) is 0. The zero-order valence-electron chi connectivity index (χ0n) is 9.29. The number of hydrogen-bond acceptors (Lipinski definition) is 2. The molecule has 2 N–H and O–H groups in total. The molecule has 1 aromatic rings. The highest BCUT2D eigenvalue weighted by Gasteiger charge is 2.29. The summed E-state index contributed by atoms with van der Waals surface area (Å²) in [6, 6.07) is 6.43. The summed E-state index contributed by atoms with van der Waals surface area (Å²) >= 11 is 9.52. The van der Waals surface area contributed by atoms with Gasteiger partial charge < -0.3 is 5.73 Å². The van der Waals surface area contributed by atoms with Gasteiger partial charge in [-0.15, -0.1) is 0 Å². The summed E-state index contributed by atoms with van der Waals surface area (Å²) in [6.45, 7) is 1.10. The van der Waals surface area contributed by atoms with E-state index in [0.717, 1.165) is 22.5 Å². The van der Waals surface area contributed by atoms with Crippen molar-refractivity contribution in [3.8, 4) is 0 Å². The zero-order valence-corrected chi connectivity index (χ0v) is 11.6. The third-order valence-corrected chi connectivity index (χ3v) is 4.13. The Morgan fingerprint density at radius 3 is 2.88 bits per heavy atom. The van der Waals surface area contributed by atoms with Crippen LogP contribution in [0.25, 0.3) is 0 Å². The van der Waals surface area contributed by atoms with Gasteiger partial charge in [-0.05, 0) is 44.1 Å². The topological polar surface area (TPSA) is 29.3 Å². The quantitative estimate of drug-likeness (QED) is 0.863. The van der Waals surface area contributed by atoms with Gasteiger partial charge in [0.15, 0.2) is 0 Å². The van der Waals surface area contributed by atoms with Crippen molar-refractivity contribution in [1.29, 1.82) is 0 Å². The second-order valence-corrected chi connectivity index (χ2v) is 5.69. The molecule has 1 fully saturated rings. The second-order valence-electron chi connectivity index (χ2n) is 4.40. The fourth-order valence-electron chi connectivity index (χ4n) is 2.41. The lowest BCUT2D eigenvalue weighted by atomic mass is 9.91. The molecule has 2 unspecified atom stereocenters. The van der Waals surface area contributed by atoms with Crippen LogP contribution in [0.1, 0.15) is 24.4 Å². The molecule has 0 saturated carbocycles. The van der Waals surface area contributed by atoms with Crippen molar-refractivity contribution in [3.63, 3.8) is 0 Å². The Balaban J connectivity index is 2.34. The SMILES string of the molecule is CN1CCCC(N)C1c1ccc(Cl)cc1Br. The number of piperidine rings is 1. The fourth-order valence-corrected chi connectivity index (χ4v) is 3.33. The van der Waals surface area contributed by atoms with E-state index in [1.165, 1.54) is 12.0 Å². The molecule has 16 heavy (non-hydrogen) atoms. The highest BCUT2D eigenvalue weighted by atomic mass is 79.9. The van der Waals surface area contributed by atoms with Crippen molar-refractivity contribution in [2.75, 3.05) is 13.6 Å². The van der Waals surface area contributed by atoms with Gasteiger partial charge in [-0.2, -0.15) is 0 Å². The largest absolute Gasteiger partial charge is 0.326 e. The normalized spacial score (nSPS) is 27.0. The average Bonchev–Trinajstić information content (AvgIpc) is 2.20. The Labute approximate surface area is 110 Å². The van der Waals surface area contributed by atoms with E-state index in [9.17, 15) is 0 Å². The summed E-state index contributed by atoms with van der Waals surface area (Å²) in [6.07, 6.45) is 2.27. The Kier molecular flexibility index (Phi) is 3.90. The minimum Gasteiger partial charge on any atom is -0.326 e. The molecule has 0 aromatic heterocycles. The maximum atomic E-state index is 6.21. The number of rotatable bonds is 1. The van der Waals surface area contributed by atoms with Crippen LogP contribution < -0.4 is 5.73 Å². The molecule has 0 aliphatic carbocycles. The van der Waals surface area contributed by atoms with Crippen LogP contribution >= 0.6 is 27.5 Å². The molecular formula is C12H16BrClN2. The number of likely N-dealkylation sites (N-methyl/N-ethyl adjacent to an activating group) is 1. The molecule has 88 valence electrons. The first-order chi connectivity index (χ1) is 7.59. The minimum atomic E-state index is 0.205. The van der Waals surface area contributed by atoms with Crippen LogP contribution in [0.5, 0.6) is 0 Å². The number of hydrogen-bond donors (Lipinski definition) is 1. The lowest BCUT2D eigenvalue weighted by molar-refractivity contribution is 0.162. The van der Waals surface area contributed by atoms with E-state index >= 15 is 0 Å². The van der Waals surface area contributed by atoms with E-state index < -0.39 is 0 Å². The van der Waals surface area contributed by atoms with Crippen molar-refractivity contribution >= 4 is 27.5 Å². The van der Waals surface area contributed by atoms with E-state index in [2.05, 4.69) is 33.9 Å². The van der Waals surface area contributed by atoms with Crippen LogP contribution in [0, 0.1) is 0 Å². The molecule has 1 aliphatic heterocycles. The molecule has 0 radical (unpaired) electrons. The van der Waals surface area contributed by atoms with Gasteiger partial charge in [-0.25, -0.2) is 0 Å². The van der Waals surface area contributed by atoms with Gasteiger partial charge in [0.2, 0.25) is 0 Å². The Morgan fingerprint density at radius 2 is 2.25 bits per heavy atom. The number of likely N-dealkylation sites (tertiary alicyclic amines) is 1. The summed E-state index contributed by atoms with van der Waals surface area (Å²) < 4.78 is 1.05. The molecule has 0 bridgehead atoms. The predicted molar refractivity (Wildman–Crippen MR) is 71.7 cm³/mol. The van der Waals surface area contributed by atoms with E-state index in [1.807, 2.05) is 12.1 Å². The smallest absolute Gasteiger partial charge is 0.0507 e. The number of nitrogens with two attached hydrogens (primary N) is 1. The highest BCUT2D eigenvalue weighted by Crippen LogP contribution is 2.34.